The Hall–Kier alpha value is -0.790. The number of hydrogen-bond acceptors (Lipinski definition) is 1. The minimum absolute atomic E-state index is 0.204. The molecule has 2 nitrogen and oxygen atoms in total. The molecule has 4 saturated carbocycles. The van der Waals surface area contributed by atoms with Crippen LogP contribution in [0.4, 0.5) is 0 Å². The first-order valence-electron chi connectivity index (χ1n) is 7.91. The number of rotatable bonds is 4. The van der Waals surface area contributed by atoms with Crippen LogP contribution in [0.5, 0.6) is 0 Å². The van der Waals surface area contributed by atoms with Gasteiger partial charge in [0.05, 0.1) is 6.42 Å². The van der Waals surface area contributed by atoms with Crippen LogP contribution in [0.2, 0.25) is 0 Å². The number of carboxylic acids is 1. The molecule has 4 aliphatic rings. The fourth-order valence-corrected chi connectivity index (χ4v) is 5.73. The van der Waals surface area contributed by atoms with Gasteiger partial charge in [-0.2, -0.15) is 0 Å². The second-order valence-corrected chi connectivity index (χ2v) is 7.61. The molecule has 0 aromatic carbocycles. The SMILES string of the molecule is CC(C)/C(=C\CC(=O)O)C12CC3CC(CC(C3)C1)C2. The zero-order valence-corrected chi connectivity index (χ0v) is 12.2. The van der Waals surface area contributed by atoms with Gasteiger partial charge in [-0.25, -0.2) is 0 Å². The fraction of sp³-hybridized carbons (Fsp3) is 0.824. The summed E-state index contributed by atoms with van der Waals surface area (Å²) < 4.78 is 0. The Morgan fingerprint density at radius 3 is 2.00 bits per heavy atom. The van der Waals surface area contributed by atoms with Crippen molar-refractivity contribution < 1.29 is 9.90 Å². The van der Waals surface area contributed by atoms with Crippen LogP contribution in [0.15, 0.2) is 11.6 Å². The van der Waals surface area contributed by atoms with Gasteiger partial charge in [0.2, 0.25) is 0 Å². The van der Waals surface area contributed by atoms with Crippen molar-refractivity contribution in [3.63, 3.8) is 0 Å². The summed E-state index contributed by atoms with van der Waals surface area (Å²) in [6.45, 7) is 4.48. The lowest BCUT2D eigenvalue weighted by atomic mass is 9.47. The Kier molecular flexibility index (Phi) is 3.23. The van der Waals surface area contributed by atoms with E-state index in [1.54, 1.807) is 0 Å². The topological polar surface area (TPSA) is 37.3 Å². The first-order valence-corrected chi connectivity index (χ1v) is 7.91. The Bertz CT molecular complexity index is 370. The molecule has 0 aromatic rings. The summed E-state index contributed by atoms with van der Waals surface area (Å²) in [7, 11) is 0. The second-order valence-electron chi connectivity index (χ2n) is 7.61. The van der Waals surface area contributed by atoms with Crippen LogP contribution in [-0.2, 0) is 4.79 Å². The van der Waals surface area contributed by atoms with Crippen molar-refractivity contribution >= 4 is 5.97 Å². The first-order chi connectivity index (χ1) is 8.98. The Morgan fingerprint density at radius 2 is 1.63 bits per heavy atom. The van der Waals surface area contributed by atoms with E-state index in [2.05, 4.69) is 19.9 Å². The lowest BCUT2D eigenvalue weighted by molar-refractivity contribution is -0.136. The molecule has 0 saturated heterocycles. The summed E-state index contributed by atoms with van der Waals surface area (Å²) in [5, 5.41) is 8.98. The van der Waals surface area contributed by atoms with E-state index in [0.29, 0.717) is 11.3 Å². The number of aliphatic carboxylic acids is 1. The molecule has 106 valence electrons. The van der Waals surface area contributed by atoms with Crippen molar-refractivity contribution in [2.45, 2.75) is 58.8 Å². The maximum absolute atomic E-state index is 10.9. The number of carbonyl (C=O) groups is 1. The van der Waals surface area contributed by atoms with Gasteiger partial charge < -0.3 is 5.11 Å². The molecule has 4 aliphatic carbocycles. The van der Waals surface area contributed by atoms with E-state index >= 15 is 0 Å². The van der Waals surface area contributed by atoms with E-state index in [1.165, 1.54) is 44.1 Å². The van der Waals surface area contributed by atoms with Gasteiger partial charge in [-0.15, -0.1) is 0 Å². The van der Waals surface area contributed by atoms with Crippen molar-refractivity contribution in [3.8, 4) is 0 Å². The van der Waals surface area contributed by atoms with Crippen LogP contribution >= 0.6 is 0 Å². The third-order valence-corrected chi connectivity index (χ3v) is 5.77. The molecule has 4 rings (SSSR count). The minimum Gasteiger partial charge on any atom is -0.481 e. The standard InChI is InChI=1S/C17H26O2/c1-11(2)15(3-4-16(18)19)17-8-12-5-13(9-17)7-14(6-12)10-17/h3,11-14H,4-10H2,1-2H3,(H,18,19)/b15-3+. The molecule has 2 heteroatoms. The van der Waals surface area contributed by atoms with E-state index in [-0.39, 0.29) is 6.42 Å². The Morgan fingerprint density at radius 1 is 1.16 bits per heavy atom. The number of allylic oxidation sites excluding steroid dienone is 1. The highest BCUT2D eigenvalue weighted by Crippen LogP contribution is 2.63. The molecule has 0 aliphatic heterocycles. The zero-order chi connectivity index (χ0) is 13.6. The van der Waals surface area contributed by atoms with Crippen LogP contribution in [0.1, 0.15) is 58.8 Å². The molecular formula is C17H26O2. The van der Waals surface area contributed by atoms with Crippen molar-refractivity contribution in [3.05, 3.63) is 11.6 Å². The third kappa shape index (κ3) is 2.34. The molecule has 0 radical (unpaired) electrons. The molecule has 0 aromatic heterocycles. The highest BCUT2D eigenvalue weighted by atomic mass is 16.4. The van der Waals surface area contributed by atoms with E-state index in [1.807, 2.05) is 0 Å². The van der Waals surface area contributed by atoms with E-state index in [4.69, 9.17) is 5.11 Å². The summed E-state index contributed by atoms with van der Waals surface area (Å²) in [5.74, 6) is 2.59. The molecule has 4 fully saturated rings. The van der Waals surface area contributed by atoms with Gasteiger partial charge >= 0.3 is 5.97 Å². The summed E-state index contributed by atoms with van der Waals surface area (Å²) in [5.41, 5.74) is 1.84. The van der Waals surface area contributed by atoms with Crippen LogP contribution in [0, 0.1) is 29.1 Å². The summed E-state index contributed by atoms with van der Waals surface area (Å²) in [6, 6.07) is 0. The largest absolute Gasteiger partial charge is 0.481 e. The van der Waals surface area contributed by atoms with E-state index in [9.17, 15) is 4.79 Å². The summed E-state index contributed by atoms with van der Waals surface area (Å²) in [4.78, 5) is 10.9. The molecule has 4 bridgehead atoms. The van der Waals surface area contributed by atoms with Crippen LogP contribution in [-0.4, -0.2) is 11.1 Å². The van der Waals surface area contributed by atoms with Crippen LogP contribution in [0.3, 0.4) is 0 Å². The smallest absolute Gasteiger partial charge is 0.307 e. The summed E-state index contributed by atoms with van der Waals surface area (Å²) in [6.07, 6.45) is 10.6. The van der Waals surface area contributed by atoms with Crippen molar-refractivity contribution in [1.82, 2.24) is 0 Å². The molecule has 0 heterocycles. The molecule has 0 unspecified atom stereocenters. The summed E-state index contributed by atoms with van der Waals surface area (Å²) >= 11 is 0. The van der Waals surface area contributed by atoms with Gasteiger partial charge in [-0.05, 0) is 67.6 Å². The van der Waals surface area contributed by atoms with Crippen LogP contribution in [0.25, 0.3) is 0 Å². The van der Waals surface area contributed by atoms with Gasteiger partial charge in [-0.1, -0.05) is 25.5 Å². The van der Waals surface area contributed by atoms with Crippen molar-refractivity contribution in [1.29, 1.82) is 0 Å². The van der Waals surface area contributed by atoms with Gasteiger partial charge in [0, 0.05) is 0 Å². The van der Waals surface area contributed by atoms with Crippen molar-refractivity contribution in [2.24, 2.45) is 29.1 Å². The highest BCUT2D eigenvalue weighted by Gasteiger charge is 2.52. The second kappa shape index (κ2) is 4.64. The third-order valence-electron chi connectivity index (χ3n) is 5.77. The number of hydrogen-bond donors (Lipinski definition) is 1. The fourth-order valence-electron chi connectivity index (χ4n) is 5.73. The average Bonchev–Trinajstić information content (AvgIpc) is 2.25. The zero-order valence-electron chi connectivity index (χ0n) is 12.2. The van der Waals surface area contributed by atoms with Crippen LogP contribution < -0.4 is 0 Å². The quantitative estimate of drug-likeness (QED) is 0.769. The molecule has 0 atom stereocenters. The minimum atomic E-state index is -0.692. The molecule has 19 heavy (non-hydrogen) atoms. The van der Waals surface area contributed by atoms with E-state index in [0.717, 1.165) is 17.8 Å². The lowest BCUT2D eigenvalue weighted by Gasteiger charge is -2.58. The maximum atomic E-state index is 10.9. The Labute approximate surface area is 116 Å². The predicted molar refractivity (Wildman–Crippen MR) is 75.8 cm³/mol. The van der Waals surface area contributed by atoms with Gasteiger partial charge in [0.15, 0.2) is 0 Å². The molecular weight excluding hydrogens is 236 g/mol. The van der Waals surface area contributed by atoms with E-state index < -0.39 is 5.97 Å². The highest BCUT2D eigenvalue weighted by molar-refractivity contribution is 5.68. The van der Waals surface area contributed by atoms with Gasteiger partial charge in [0.1, 0.15) is 0 Å². The maximum Gasteiger partial charge on any atom is 0.307 e. The van der Waals surface area contributed by atoms with Crippen molar-refractivity contribution in [2.75, 3.05) is 0 Å². The average molecular weight is 262 g/mol. The monoisotopic (exact) mass is 262 g/mol. The van der Waals surface area contributed by atoms with Gasteiger partial charge in [0.25, 0.3) is 0 Å². The van der Waals surface area contributed by atoms with Gasteiger partial charge in [-0.3, -0.25) is 4.79 Å². The molecule has 1 N–H and O–H groups in total. The Balaban J connectivity index is 1.89. The first kappa shape index (κ1) is 13.2. The molecule has 0 amide bonds. The normalized spacial score (nSPS) is 41.0. The predicted octanol–water partition coefficient (Wildman–Crippen LogP) is 4.26. The number of carboxylic acid groups (broad SMARTS) is 1. The lowest BCUT2D eigenvalue weighted by Crippen LogP contribution is -2.47. The molecule has 0 spiro atoms.